The summed E-state index contributed by atoms with van der Waals surface area (Å²) in [6.45, 7) is 31.0. The van der Waals surface area contributed by atoms with Gasteiger partial charge in [0.05, 0.1) is 25.7 Å². The Bertz CT molecular complexity index is 883. The molecule has 5 heteroatoms. The summed E-state index contributed by atoms with van der Waals surface area (Å²) in [5.41, 5.74) is 1.72. The van der Waals surface area contributed by atoms with E-state index in [0.29, 0.717) is 41.6 Å². The van der Waals surface area contributed by atoms with E-state index in [4.69, 9.17) is 18.9 Å². The van der Waals surface area contributed by atoms with Crippen LogP contribution in [-0.4, -0.2) is 38.4 Å². The number of hydrogen-bond donors (Lipinski definition) is 0. The highest BCUT2D eigenvalue weighted by Crippen LogP contribution is 2.33. The molecule has 0 aliphatic rings. The average molecular weight is 835 g/mol. The molecule has 0 fully saturated rings. The fourth-order valence-electron chi connectivity index (χ4n) is 7.88. The van der Waals surface area contributed by atoms with E-state index < -0.39 is 5.97 Å². The topological polar surface area (TPSA) is 54.0 Å². The van der Waals surface area contributed by atoms with Crippen molar-refractivity contribution >= 4 is 5.97 Å². The molecule has 0 amide bonds. The quantitative estimate of drug-likeness (QED) is 0.0266. The Labute approximate surface area is 370 Å². The van der Waals surface area contributed by atoms with Gasteiger partial charge >= 0.3 is 5.97 Å². The van der Waals surface area contributed by atoms with Gasteiger partial charge in [-0.2, -0.15) is 0 Å². The Morgan fingerprint density at radius 3 is 1.03 bits per heavy atom. The maximum absolute atomic E-state index is 12.8. The van der Waals surface area contributed by atoms with Gasteiger partial charge in [0.2, 0.25) is 0 Å². The zero-order valence-electron chi connectivity index (χ0n) is 42.1. The molecule has 0 spiro atoms. The molecule has 0 rings (SSSR count). The van der Waals surface area contributed by atoms with E-state index in [1.807, 2.05) is 0 Å². The lowest BCUT2D eigenvalue weighted by molar-refractivity contribution is -0.409. The lowest BCUT2D eigenvalue weighted by Gasteiger charge is -2.39. The number of carbonyl (C=O) groups excluding carboxylic acids is 1. The highest BCUT2D eigenvalue weighted by molar-refractivity contribution is 5.86. The second kappa shape index (κ2) is 35.5. The molecule has 0 bridgehead atoms. The van der Waals surface area contributed by atoms with Gasteiger partial charge in [0.1, 0.15) is 6.61 Å². The van der Waals surface area contributed by atoms with Crippen LogP contribution in [-0.2, 0) is 23.7 Å². The van der Waals surface area contributed by atoms with Crippen LogP contribution in [0.25, 0.3) is 0 Å². The van der Waals surface area contributed by atoms with Gasteiger partial charge in [0, 0.05) is 5.57 Å². The minimum Gasteiger partial charge on any atom is -0.462 e. The summed E-state index contributed by atoms with van der Waals surface area (Å²) in [5, 5.41) is 0. The van der Waals surface area contributed by atoms with Gasteiger partial charge in [0.15, 0.2) is 0 Å². The summed E-state index contributed by atoms with van der Waals surface area (Å²) in [7, 11) is 0. The number of ether oxygens (including phenoxy) is 4. The number of rotatable bonds is 41. The Kier molecular flexibility index (Phi) is 35.0. The highest BCUT2D eigenvalue weighted by atomic mass is 16.9. The Hall–Kier alpha value is -0.910. The molecule has 1 atom stereocenters. The first-order valence-electron chi connectivity index (χ1n) is 25.7. The zero-order chi connectivity index (χ0) is 44.3. The monoisotopic (exact) mass is 835 g/mol. The smallest absolute Gasteiger partial charge is 0.333 e. The predicted molar refractivity (Wildman–Crippen MR) is 257 cm³/mol. The average Bonchev–Trinajstić information content (AvgIpc) is 3.14. The van der Waals surface area contributed by atoms with Crippen molar-refractivity contribution in [1.29, 1.82) is 0 Å². The number of carbonyl (C=O) groups is 1. The lowest BCUT2D eigenvalue weighted by Crippen LogP contribution is -2.49. The van der Waals surface area contributed by atoms with E-state index in [1.165, 1.54) is 141 Å². The summed E-state index contributed by atoms with van der Waals surface area (Å²) in [6, 6.07) is 0. The molecular formula is C54H106O5. The number of hydrogen-bond acceptors (Lipinski definition) is 5. The second-order valence-corrected chi connectivity index (χ2v) is 22.1. The maximum atomic E-state index is 12.8. The molecule has 0 aromatic rings. The third kappa shape index (κ3) is 38.5. The zero-order valence-corrected chi connectivity index (χ0v) is 42.1. The summed E-state index contributed by atoms with van der Waals surface area (Å²) in [4.78, 5) is 12.8. The van der Waals surface area contributed by atoms with Gasteiger partial charge in [-0.3, -0.25) is 0 Å². The van der Waals surface area contributed by atoms with Crippen LogP contribution in [0.15, 0.2) is 12.2 Å². The van der Waals surface area contributed by atoms with Crippen LogP contribution in [0, 0.1) is 22.2 Å². The SMILES string of the molecule is C=C(C)C(=O)OCC(CCCCCCCC)C(OCCCCCCCCCC(C)(C)C)(OCCCCCCCCCC(C)(C)C)OCCCCCCCCCC(C)(C)C. The molecule has 59 heavy (non-hydrogen) atoms. The molecule has 1 unspecified atom stereocenters. The molecule has 0 N–H and O–H groups in total. The van der Waals surface area contributed by atoms with Crippen molar-refractivity contribution in [2.24, 2.45) is 22.2 Å². The van der Waals surface area contributed by atoms with Crippen molar-refractivity contribution < 1.29 is 23.7 Å². The standard InChI is InChI=1S/C54H106O5/c1-13-14-15-16-26-33-40-49(47-56-50(55)48(2)3)54(57-44-37-30-23-17-20-27-34-41-51(4,5)6,58-45-38-31-24-18-21-28-35-42-52(7,8)9)59-46-39-32-25-19-22-29-36-43-53(10,11)12/h49H,2,13-47H2,1,3-12H3. The van der Waals surface area contributed by atoms with Gasteiger partial charge in [-0.25, -0.2) is 4.79 Å². The first-order valence-corrected chi connectivity index (χ1v) is 25.7. The summed E-state index contributed by atoms with van der Waals surface area (Å²) < 4.78 is 26.6. The Balaban J connectivity index is 5.75. The molecule has 0 saturated heterocycles. The molecule has 0 aliphatic heterocycles. The molecule has 0 aliphatic carbocycles. The maximum Gasteiger partial charge on any atom is 0.333 e. The Morgan fingerprint density at radius 2 is 0.729 bits per heavy atom. The van der Waals surface area contributed by atoms with E-state index in [9.17, 15) is 4.79 Å². The van der Waals surface area contributed by atoms with Gasteiger partial charge in [-0.05, 0) is 68.1 Å². The van der Waals surface area contributed by atoms with E-state index in [1.54, 1.807) is 6.92 Å². The Morgan fingerprint density at radius 1 is 0.441 bits per heavy atom. The molecule has 0 heterocycles. The van der Waals surface area contributed by atoms with Crippen molar-refractivity contribution in [2.45, 2.75) is 281 Å². The summed E-state index contributed by atoms with van der Waals surface area (Å²) in [6.07, 6.45) is 37.8. The van der Waals surface area contributed by atoms with E-state index in [2.05, 4.69) is 75.8 Å². The van der Waals surface area contributed by atoms with Crippen LogP contribution in [0.2, 0.25) is 0 Å². The predicted octanol–water partition coefficient (Wildman–Crippen LogP) is 17.7. The summed E-state index contributed by atoms with van der Waals surface area (Å²) >= 11 is 0. The highest BCUT2D eigenvalue weighted by Gasteiger charge is 2.43. The molecule has 5 nitrogen and oxygen atoms in total. The molecule has 0 aromatic heterocycles. The van der Waals surface area contributed by atoms with Crippen molar-refractivity contribution in [3.63, 3.8) is 0 Å². The number of unbranched alkanes of at least 4 members (excludes halogenated alkanes) is 23. The third-order valence-corrected chi connectivity index (χ3v) is 11.8. The first-order chi connectivity index (χ1) is 27.9. The van der Waals surface area contributed by atoms with E-state index >= 15 is 0 Å². The van der Waals surface area contributed by atoms with Crippen molar-refractivity contribution in [2.75, 3.05) is 26.4 Å². The van der Waals surface area contributed by atoms with Crippen LogP contribution in [0.3, 0.4) is 0 Å². The van der Waals surface area contributed by atoms with E-state index in [-0.39, 0.29) is 18.5 Å². The minimum absolute atomic E-state index is 0.203. The molecule has 0 radical (unpaired) electrons. The molecular weight excluding hydrogens is 729 g/mol. The van der Waals surface area contributed by atoms with Crippen molar-refractivity contribution in [3.05, 3.63) is 12.2 Å². The fourth-order valence-corrected chi connectivity index (χ4v) is 7.88. The lowest BCUT2D eigenvalue weighted by atomic mass is 9.89. The molecule has 0 saturated carbocycles. The normalized spacial score (nSPS) is 13.3. The fraction of sp³-hybridized carbons (Fsp3) is 0.944. The van der Waals surface area contributed by atoms with Crippen LogP contribution in [0.4, 0.5) is 0 Å². The van der Waals surface area contributed by atoms with Gasteiger partial charge in [-0.15, -0.1) is 0 Å². The van der Waals surface area contributed by atoms with Crippen LogP contribution in [0.5, 0.6) is 0 Å². The molecule has 0 aromatic carbocycles. The van der Waals surface area contributed by atoms with Gasteiger partial charge < -0.3 is 18.9 Å². The minimum atomic E-state index is -1.22. The molecule has 352 valence electrons. The van der Waals surface area contributed by atoms with Crippen LogP contribution in [0.1, 0.15) is 275 Å². The van der Waals surface area contributed by atoms with Crippen molar-refractivity contribution in [1.82, 2.24) is 0 Å². The van der Waals surface area contributed by atoms with Gasteiger partial charge in [0.25, 0.3) is 5.97 Å². The van der Waals surface area contributed by atoms with Gasteiger partial charge in [-0.1, -0.05) is 230 Å². The van der Waals surface area contributed by atoms with Crippen LogP contribution < -0.4 is 0 Å². The first kappa shape index (κ1) is 58.1. The third-order valence-electron chi connectivity index (χ3n) is 11.8. The largest absolute Gasteiger partial charge is 0.462 e. The van der Waals surface area contributed by atoms with Crippen molar-refractivity contribution in [3.8, 4) is 0 Å². The number of esters is 1. The second-order valence-electron chi connectivity index (χ2n) is 22.1. The summed E-state index contributed by atoms with van der Waals surface area (Å²) in [5.74, 6) is -1.77. The van der Waals surface area contributed by atoms with Crippen LogP contribution >= 0.6 is 0 Å². The van der Waals surface area contributed by atoms with E-state index in [0.717, 1.165) is 57.8 Å².